The van der Waals surface area contributed by atoms with Crippen LogP contribution < -0.4 is 0 Å². The zero-order valence-electron chi connectivity index (χ0n) is 33.8. The van der Waals surface area contributed by atoms with Crippen molar-refractivity contribution in [1.29, 1.82) is 0 Å². The van der Waals surface area contributed by atoms with E-state index in [-0.39, 0.29) is 52.7 Å². The van der Waals surface area contributed by atoms with Crippen molar-refractivity contribution in [3.8, 4) is 0 Å². The van der Waals surface area contributed by atoms with Crippen molar-refractivity contribution < 1.29 is 27.9 Å². The number of hydrogen-bond donors (Lipinski definition) is 0. The van der Waals surface area contributed by atoms with Crippen LogP contribution >= 0.6 is 0 Å². The lowest BCUT2D eigenvalue weighted by molar-refractivity contribution is -0.169. The second kappa shape index (κ2) is 16.9. The lowest BCUT2D eigenvalue weighted by atomic mass is 9.60. The van der Waals surface area contributed by atoms with Crippen LogP contribution in [0.2, 0.25) is 36.3 Å². The molecule has 0 spiro atoms. The van der Waals surface area contributed by atoms with Crippen LogP contribution in [0.1, 0.15) is 121 Å². The molecule has 2 rings (SSSR count). The molecule has 0 radical (unpaired) electrons. The van der Waals surface area contributed by atoms with Gasteiger partial charge in [0.1, 0.15) is 6.10 Å². The number of esters is 2. The molecular formula is C40H74O6Si2. The normalized spacial score (nSPS) is 27.0. The van der Waals surface area contributed by atoms with Crippen molar-refractivity contribution in [2.75, 3.05) is 7.11 Å². The minimum absolute atomic E-state index is 0.0145. The highest BCUT2D eigenvalue weighted by atomic mass is 28.4. The van der Waals surface area contributed by atoms with Crippen LogP contribution in [0.25, 0.3) is 0 Å². The highest BCUT2D eigenvalue weighted by Gasteiger charge is 2.48. The summed E-state index contributed by atoms with van der Waals surface area (Å²) in [4.78, 5) is 26.2. The van der Waals surface area contributed by atoms with Crippen LogP contribution in [-0.2, 0) is 27.9 Å². The van der Waals surface area contributed by atoms with Crippen LogP contribution in [-0.4, -0.2) is 54.0 Å². The molecule has 0 heterocycles. The fourth-order valence-corrected chi connectivity index (χ4v) is 9.69. The van der Waals surface area contributed by atoms with Crippen molar-refractivity contribution in [2.45, 2.75) is 176 Å². The van der Waals surface area contributed by atoms with Gasteiger partial charge in [0.2, 0.25) is 0 Å². The zero-order valence-corrected chi connectivity index (χ0v) is 35.8. The molecule has 0 bridgehead atoms. The zero-order chi connectivity index (χ0) is 36.9. The highest BCUT2D eigenvalue weighted by Crippen LogP contribution is 2.49. The summed E-state index contributed by atoms with van der Waals surface area (Å²) in [6, 6.07) is 0. The summed E-state index contributed by atoms with van der Waals surface area (Å²) in [6.45, 7) is 33.2. The van der Waals surface area contributed by atoms with E-state index in [2.05, 4.69) is 113 Å². The Balaban J connectivity index is 2.47. The second-order valence-electron chi connectivity index (χ2n) is 18.7. The molecule has 0 amide bonds. The molecule has 8 heteroatoms. The average Bonchev–Trinajstić information content (AvgIpc) is 2.95. The number of rotatable bonds is 15. The number of allylic oxidation sites excluding steroid dienone is 4. The topological polar surface area (TPSA) is 71.1 Å². The first kappa shape index (κ1) is 42.9. The fourth-order valence-electron chi connectivity index (χ4n) is 6.92. The molecule has 6 nitrogen and oxygen atoms in total. The van der Waals surface area contributed by atoms with E-state index >= 15 is 0 Å². The lowest BCUT2D eigenvalue weighted by Crippen LogP contribution is -2.48. The van der Waals surface area contributed by atoms with Crippen molar-refractivity contribution in [2.24, 2.45) is 35.0 Å². The maximum atomic E-state index is 13.5. The van der Waals surface area contributed by atoms with Gasteiger partial charge in [-0.25, -0.2) is 0 Å². The van der Waals surface area contributed by atoms with Crippen LogP contribution in [0, 0.1) is 35.0 Å². The minimum atomic E-state index is -2.17. The van der Waals surface area contributed by atoms with E-state index in [4.69, 9.17) is 18.3 Å². The maximum Gasteiger partial charge on any atom is 0.311 e. The van der Waals surface area contributed by atoms with Gasteiger partial charge in [-0.2, -0.15) is 0 Å². The molecule has 0 aromatic carbocycles. The quantitative estimate of drug-likeness (QED) is 0.0959. The summed E-state index contributed by atoms with van der Waals surface area (Å²) < 4.78 is 25.8. The Morgan fingerprint density at radius 3 is 1.96 bits per heavy atom. The number of methoxy groups -OCH3 is 1. The number of ether oxygens (including phenoxy) is 2. The lowest BCUT2D eigenvalue weighted by Gasteiger charge is -2.48. The third-order valence-electron chi connectivity index (χ3n) is 12.5. The molecule has 2 aliphatic rings. The molecule has 0 unspecified atom stereocenters. The fraction of sp³-hybridized carbons (Fsp3) is 0.850. The summed E-state index contributed by atoms with van der Waals surface area (Å²) in [5.41, 5.74) is -0.504. The molecule has 1 fully saturated rings. The number of fused-ring (bicyclic) bond motifs is 1. The summed E-state index contributed by atoms with van der Waals surface area (Å²) in [5, 5.41) is 0.0620. The SMILES string of the molecule is C/C=C\[C@@H]1C[C@H](OC(=O)C(C)(C)CC)[C@@H]2[C@@H](CC[C@H](C[C@@H](CC(=O)OC)O[Si](C)(C)C(C)(C)C)O[Si](C)(C)C(C)(C)C)[C@@H](C)C=C[C@H]2C1. The molecule has 0 N–H and O–H groups in total. The Kier molecular flexibility index (Phi) is 15.1. The molecular weight excluding hydrogens is 633 g/mol. The third-order valence-corrected chi connectivity index (χ3v) is 21.6. The summed E-state index contributed by atoms with van der Waals surface area (Å²) in [6.07, 6.45) is 14.3. The van der Waals surface area contributed by atoms with E-state index in [1.807, 2.05) is 13.8 Å². The smallest absolute Gasteiger partial charge is 0.311 e. The van der Waals surface area contributed by atoms with E-state index in [1.54, 1.807) is 0 Å². The van der Waals surface area contributed by atoms with Gasteiger partial charge in [-0.05, 0) is 119 Å². The first-order valence-corrected chi connectivity index (χ1v) is 24.6. The van der Waals surface area contributed by atoms with Crippen molar-refractivity contribution in [3.63, 3.8) is 0 Å². The molecule has 0 aromatic heterocycles. The van der Waals surface area contributed by atoms with Crippen molar-refractivity contribution >= 4 is 28.6 Å². The molecule has 0 aliphatic heterocycles. The minimum Gasteiger partial charge on any atom is -0.469 e. The Hall–Kier alpha value is -1.23. The Labute approximate surface area is 297 Å². The molecule has 0 saturated heterocycles. The number of hydrogen-bond acceptors (Lipinski definition) is 6. The maximum absolute atomic E-state index is 13.5. The van der Waals surface area contributed by atoms with Gasteiger partial charge in [-0.1, -0.05) is 79.7 Å². The Bertz CT molecular complexity index is 1110. The summed E-state index contributed by atoms with van der Waals surface area (Å²) in [7, 11) is -2.86. The molecule has 8 atom stereocenters. The first-order chi connectivity index (χ1) is 21.9. The molecule has 48 heavy (non-hydrogen) atoms. The predicted molar refractivity (Wildman–Crippen MR) is 205 cm³/mol. The summed E-state index contributed by atoms with van der Waals surface area (Å²) >= 11 is 0. The van der Waals surface area contributed by atoms with Crippen LogP contribution in [0.5, 0.6) is 0 Å². The Morgan fingerprint density at radius 1 is 0.896 bits per heavy atom. The molecule has 278 valence electrons. The van der Waals surface area contributed by atoms with Gasteiger partial charge in [0.05, 0.1) is 25.0 Å². The van der Waals surface area contributed by atoms with Crippen molar-refractivity contribution in [3.05, 3.63) is 24.3 Å². The highest BCUT2D eigenvalue weighted by molar-refractivity contribution is 6.74. The van der Waals surface area contributed by atoms with E-state index in [9.17, 15) is 9.59 Å². The molecule has 0 aromatic rings. The molecule has 1 saturated carbocycles. The van der Waals surface area contributed by atoms with E-state index < -0.39 is 22.0 Å². The average molecular weight is 707 g/mol. The van der Waals surface area contributed by atoms with Crippen LogP contribution in [0.4, 0.5) is 0 Å². The first-order valence-electron chi connectivity index (χ1n) is 18.8. The Morgan fingerprint density at radius 2 is 1.46 bits per heavy atom. The van der Waals surface area contributed by atoms with Crippen LogP contribution in [0.15, 0.2) is 24.3 Å². The van der Waals surface area contributed by atoms with Crippen LogP contribution in [0.3, 0.4) is 0 Å². The van der Waals surface area contributed by atoms with Gasteiger partial charge in [0.15, 0.2) is 16.6 Å². The third kappa shape index (κ3) is 11.4. The predicted octanol–water partition coefficient (Wildman–Crippen LogP) is 10.9. The van der Waals surface area contributed by atoms with Gasteiger partial charge in [-0.15, -0.1) is 0 Å². The summed E-state index contributed by atoms with van der Waals surface area (Å²) in [5.74, 6) is 1.45. The van der Waals surface area contributed by atoms with Gasteiger partial charge in [-0.3, -0.25) is 9.59 Å². The van der Waals surface area contributed by atoms with E-state index in [1.165, 1.54) is 7.11 Å². The van der Waals surface area contributed by atoms with Gasteiger partial charge < -0.3 is 18.3 Å². The second-order valence-corrected chi connectivity index (χ2v) is 28.2. The number of carbonyl (C=O) groups is 2. The molecule has 2 aliphatic carbocycles. The van der Waals surface area contributed by atoms with Gasteiger partial charge >= 0.3 is 11.9 Å². The van der Waals surface area contributed by atoms with E-state index in [0.717, 1.165) is 32.1 Å². The largest absolute Gasteiger partial charge is 0.469 e. The monoisotopic (exact) mass is 707 g/mol. The van der Waals surface area contributed by atoms with Crippen molar-refractivity contribution in [1.82, 2.24) is 0 Å². The van der Waals surface area contributed by atoms with E-state index in [0.29, 0.717) is 30.1 Å². The van der Waals surface area contributed by atoms with Gasteiger partial charge in [0.25, 0.3) is 0 Å². The van der Waals surface area contributed by atoms with Gasteiger partial charge in [0, 0.05) is 12.0 Å². The number of carbonyl (C=O) groups excluding carboxylic acids is 2. The standard InChI is InChI=1S/C40H74O6Si2/c1-17-19-29-24-30-21-20-28(3)33(36(30)34(25-29)44-37(42)40(10,11)18-2)23-22-31(45-47(13,14)38(4,5)6)26-32(27-35(41)43-12)46-48(15,16)39(7,8)9/h17,19-21,28-34,36H,18,22-27H2,1-16H3/b19-17-/t28-,29-,30-,31+,32-,33-,34-,36-/m0/s1.